The lowest BCUT2D eigenvalue weighted by molar-refractivity contribution is 0.0696. The molecule has 0 bridgehead atoms. The Morgan fingerprint density at radius 3 is 2.71 bits per heavy atom. The highest BCUT2D eigenvalue weighted by atomic mass is 16.5. The highest BCUT2D eigenvalue weighted by Gasteiger charge is 2.11. The molecule has 0 aliphatic rings. The number of aromatic nitrogens is 1. The molecule has 5 heteroatoms. The van der Waals surface area contributed by atoms with Gasteiger partial charge < -0.3 is 14.9 Å². The Morgan fingerprint density at radius 2 is 2.05 bits per heavy atom. The van der Waals surface area contributed by atoms with Crippen molar-refractivity contribution in [1.29, 1.82) is 0 Å². The summed E-state index contributed by atoms with van der Waals surface area (Å²) in [6.07, 6.45) is 1.54. The monoisotopic (exact) mass is 287 g/mol. The number of hydrogen-bond donors (Lipinski definition) is 2. The van der Waals surface area contributed by atoms with E-state index in [1.165, 1.54) is 6.07 Å². The number of para-hydroxylation sites is 1. The fourth-order valence-electron chi connectivity index (χ4n) is 1.97. The molecule has 2 rings (SSSR count). The highest BCUT2D eigenvalue weighted by molar-refractivity contribution is 5.88. The van der Waals surface area contributed by atoms with E-state index in [2.05, 4.69) is 4.98 Å². The average Bonchev–Trinajstić information content (AvgIpc) is 2.48. The Bertz CT molecular complexity index is 640. The van der Waals surface area contributed by atoms with Gasteiger partial charge in [-0.05, 0) is 18.6 Å². The van der Waals surface area contributed by atoms with Gasteiger partial charge in [0.1, 0.15) is 5.75 Å². The van der Waals surface area contributed by atoms with E-state index >= 15 is 0 Å². The maximum Gasteiger partial charge on any atom is 0.335 e. The van der Waals surface area contributed by atoms with Gasteiger partial charge in [0.25, 0.3) is 0 Å². The van der Waals surface area contributed by atoms with Crippen LogP contribution in [0.1, 0.15) is 35.0 Å². The number of carboxylic acids is 1. The summed E-state index contributed by atoms with van der Waals surface area (Å²) in [5.41, 5.74) is 1.44. The maximum atomic E-state index is 11.2. The number of carbonyl (C=O) groups is 1. The van der Waals surface area contributed by atoms with E-state index < -0.39 is 5.97 Å². The predicted octanol–water partition coefficient (Wildman–Crippen LogP) is 3.02. The van der Waals surface area contributed by atoms with Gasteiger partial charge in [-0.15, -0.1) is 0 Å². The van der Waals surface area contributed by atoms with Crippen LogP contribution < -0.4 is 4.74 Å². The Kier molecular flexibility index (Phi) is 4.90. The standard InChI is InChI=1S/C16H17NO4/c1-2-5-13-8-12(16(19)20)9-15(17-13)21-14-7-4-3-6-11(14)10-18/h3-4,6-9,18H,2,5,10H2,1H3,(H,19,20). The number of ether oxygens (including phenoxy) is 1. The van der Waals surface area contributed by atoms with E-state index in [0.29, 0.717) is 23.4 Å². The van der Waals surface area contributed by atoms with E-state index in [-0.39, 0.29) is 18.1 Å². The van der Waals surface area contributed by atoms with Crippen molar-refractivity contribution in [2.24, 2.45) is 0 Å². The number of pyridine rings is 1. The van der Waals surface area contributed by atoms with Crippen LogP contribution in [0.15, 0.2) is 36.4 Å². The summed E-state index contributed by atoms with van der Waals surface area (Å²) in [6, 6.07) is 9.96. The normalized spacial score (nSPS) is 10.4. The Hall–Kier alpha value is -2.40. The number of carboxylic acid groups (broad SMARTS) is 1. The molecule has 0 spiro atoms. The summed E-state index contributed by atoms with van der Waals surface area (Å²) in [7, 11) is 0. The molecule has 1 heterocycles. The molecule has 0 amide bonds. The first-order valence-electron chi connectivity index (χ1n) is 6.75. The van der Waals surface area contributed by atoms with Crippen molar-refractivity contribution in [2.75, 3.05) is 0 Å². The highest BCUT2D eigenvalue weighted by Crippen LogP contribution is 2.25. The van der Waals surface area contributed by atoms with Crippen LogP contribution in [0.25, 0.3) is 0 Å². The fourth-order valence-corrected chi connectivity index (χ4v) is 1.97. The number of aliphatic hydroxyl groups excluding tert-OH is 1. The van der Waals surface area contributed by atoms with Gasteiger partial charge in [0, 0.05) is 17.3 Å². The number of benzene rings is 1. The first kappa shape index (κ1) is 15.0. The van der Waals surface area contributed by atoms with Gasteiger partial charge in [0.05, 0.1) is 12.2 Å². The maximum absolute atomic E-state index is 11.2. The summed E-state index contributed by atoms with van der Waals surface area (Å²) in [5, 5.41) is 18.4. The SMILES string of the molecule is CCCc1cc(C(=O)O)cc(Oc2ccccc2CO)n1. The van der Waals surface area contributed by atoms with E-state index in [1.807, 2.05) is 6.92 Å². The number of nitrogens with zero attached hydrogens (tertiary/aromatic N) is 1. The molecule has 2 N–H and O–H groups in total. The van der Waals surface area contributed by atoms with Crippen molar-refractivity contribution in [3.63, 3.8) is 0 Å². The molecule has 0 fully saturated rings. The van der Waals surface area contributed by atoms with Gasteiger partial charge in [-0.1, -0.05) is 31.5 Å². The third kappa shape index (κ3) is 3.79. The molecule has 0 atom stereocenters. The number of aliphatic hydroxyl groups is 1. The minimum atomic E-state index is -1.02. The van der Waals surface area contributed by atoms with Crippen molar-refractivity contribution in [2.45, 2.75) is 26.4 Å². The van der Waals surface area contributed by atoms with Crippen molar-refractivity contribution < 1.29 is 19.7 Å². The first-order chi connectivity index (χ1) is 10.1. The zero-order valence-corrected chi connectivity index (χ0v) is 11.7. The fraction of sp³-hybridized carbons (Fsp3) is 0.250. The van der Waals surface area contributed by atoms with E-state index in [9.17, 15) is 9.90 Å². The van der Waals surface area contributed by atoms with Gasteiger partial charge >= 0.3 is 5.97 Å². The van der Waals surface area contributed by atoms with Gasteiger partial charge in [-0.3, -0.25) is 0 Å². The molecule has 0 radical (unpaired) electrons. The van der Waals surface area contributed by atoms with E-state index in [1.54, 1.807) is 30.3 Å². The first-order valence-corrected chi connectivity index (χ1v) is 6.75. The van der Waals surface area contributed by atoms with Crippen molar-refractivity contribution in [3.05, 3.63) is 53.2 Å². The van der Waals surface area contributed by atoms with Crippen LogP contribution >= 0.6 is 0 Å². The molecule has 0 saturated heterocycles. The minimum Gasteiger partial charge on any atom is -0.478 e. The van der Waals surface area contributed by atoms with Crippen LogP contribution in [-0.4, -0.2) is 21.2 Å². The van der Waals surface area contributed by atoms with Crippen molar-refractivity contribution in [1.82, 2.24) is 4.98 Å². The molecule has 1 aromatic heterocycles. The number of rotatable bonds is 6. The number of hydrogen-bond acceptors (Lipinski definition) is 4. The second-order valence-electron chi connectivity index (χ2n) is 4.61. The smallest absolute Gasteiger partial charge is 0.335 e. The number of aromatic carboxylic acids is 1. The average molecular weight is 287 g/mol. The Labute approximate surface area is 122 Å². The van der Waals surface area contributed by atoms with Crippen LogP contribution in [0.3, 0.4) is 0 Å². The second kappa shape index (κ2) is 6.85. The van der Waals surface area contributed by atoms with Crippen molar-refractivity contribution >= 4 is 5.97 Å². The summed E-state index contributed by atoms with van der Waals surface area (Å²) in [6.45, 7) is 1.84. The minimum absolute atomic E-state index is 0.143. The van der Waals surface area contributed by atoms with Gasteiger partial charge in [-0.25, -0.2) is 9.78 Å². The van der Waals surface area contributed by atoms with Crippen LogP contribution in [0.5, 0.6) is 11.6 Å². The van der Waals surface area contributed by atoms with Crippen LogP contribution in [0, 0.1) is 0 Å². The van der Waals surface area contributed by atoms with E-state index in [0.717, 1.165) is 6.42 Å². The van der Waals surface area contributed by atoms with Crippen LogP contribution in [0.4, 0.5) is 0 Å². The summed E-state index contributed by atoms with van der Waals surface area (Å²) in [5.74, 6) is -0.327. The quantitative estimate of drug-likeness (QED) is 0.853. The molecular weight excluding hydrogens is 270 g/mol. The largest absolute Gasteiger partial charge is 0.478 e. The molecule has 110 valence electrons. The Balaban J connectivity index is 2.36. The van der Waals surface area contributed by atoms with Gasteiger partial charge in [0.2, 0.25) is 5.88 Å². The summed E-state index contributed by atoms with van der Waals surface area (Å²) >= 11 is 0. The lowest BCUT2D eigenvalue weighted by Crippen LogP contribution is -2.02. The predicted molar refractivity (Wildman–Crippen MR) is 77.6 cm³/mol. The molecule has 1 aromatic carbocycles. The zero-order chi connectivity index (χ0) is 15.2. The third-order valence-corrected chi connectivity index (χ3v) is 2.97. The molecular formula is C16H17NO4. The molecule has 21 heavy (non-hydrogen) atoms. The molecule has 0 saturated carbocycles. The lowest BCUT2D eigenvalue weighted by atomic mass is 10.1. The van der Waals surface area contributed by atoms with E-state index in [4.69, 9.17) is 9.84 Å². The Morgan fingerprint density at radius 1 is 1.29 bits per heavy atom. The second-order valence-corrected chi connectivity index (χ2v) is 4.61. The molecule has 0 unspecified atom stereocenters. The van der Waals surface area contributed by atoms with Crippen LogP contribution in [-0.2, 0) is 13.0 Å². The van der Waals surface area contributed by atoms with Crippen molar-refractivity contribution in [3.8, 4) is 11.6 Å². The van der Waals surface area contributed by atoms with Crippen LogP contribution in [0.2, 0.25) is 0 Å². The molecule has 0 aliphatic heterocycles. The molecule has 0 aliphatic carbocycles. The molecule has 2 aromatic rings. The topological polar surface area (TPSA) is 79.7 Å². The lowest BCUT2D eigenvalue weighted by Gasteiger charge is -2.10. The molecule has 5 nitrogen and oxygen atoms in total. The number of aryl methyl sites for hydroxylation is 1. The summed E-state index contributed by atoms with van der Waals surface area (Å²) in [4.78, 5) is 15.5. The third-order valence-electron chi connectivity index (χ3n) is 2.97. The van der Waals surface area contributed by atoms with Gasteiger partial charge in [-0.2, -0.15) is 0 Å². The van der Waals surface area contributed by atoms with Gasteiger partial charge in [0.15, 0.2) is 0 Å². The summed E-state index contributed by atoms with van der Waals surface area (Å²) < 4.78 is 5.64. The zero-order valence-electron chi connectivity index (χ0n) is 11.7.